The Bertz CT molecular complexity index is 451. The molecule has 1 aromatic carbocycles. The summed E-state index contributed by atoms with van der Waals surface area (Å²) in [5.74, 6) is -0.133. The van der Waals surface area contributed by atoms with Crippen LogP contribution < -0.4 is 21.7 Å². The molecule has 0 unspecified atom stereocenters. The Morgan fingerprint density at radius 1 is 1.25 bits per heavy atom. The van der Waals surface area contributed by atoms with Crippen LogP contribution in [-0.4, -0.2) is 38.7 Å². The minimum atomic E-state index is -0.375. The number of rotatable bonds is 7. The molecule has 3 amide bonds. The molecule has 0 saturated heterocycles. The van der Waals surface area contributed by atoms with Gasteiger partial charge in [-0.2, -0.15) is 0 Å². The predicted molar refractivity (Wildman–Crippen MR) is 77.4 cm³/mol. The van der Waals surface area contributed by atoms with Crippen molar-refractivity contribution in [2.75, 3.05) is 37.9 Å². The van der Waals surface area contributed by atoms with Crippen molar-refractivity contribution < 1.29 is 14.3 Å². The van der Waals surface area contributed by atoms with Crippen molar-refractivity contribution in [3.05, 3.63) is 24.3 Å². The highest BCUT2D eigenvalue weighted by atomic mass is 16.5. The fourth-order valence-electron chi connectivity index (χ4n) is 1.46. The van der Waals surface area contributed by atoms with Crippen molar-refractivity contribution in [2.45, 2.75) is 6.42 Å². The largest absolute Gasteiger partial charge is 0.399 e. The van der Waals surface area contributed by atoms with E-state index >= 15 is 0 Å². The Morgan fingerprint density at radius 2 is 2.05 bits per heavy atom. The third-order valence-electron chi connectivity index (χ3n) is 2.41. The molecule has 5 N–H and O–H groups in total. The van der Waals surface area contributed by atoms with Crippen LogP contribution in [-0.2, 0) is 9.53 Å². The molecule has 1 aromatic rings. The Hall–Kier alpha value is -2.28. The van der Waals surface area contributed by atoms with Crippen molar-refractivity contribution in [2.24, 2.45) is 0 Å². The Morgan fingerprint density at radius 3 is 2.75 bits per heavy atom. The summed E-state index contributed by atoms with van der Waals surface area (Å²) in [6.45, 7) is 1.19. The molecule has 0 radical (unpaired) electrons. The summed E-state index contributed by atoms with van der Waals surface area (Å²) in [5, 5.41) is 7.88. The van der Waals surface area contributed by atoms with Crippen molar-refractivity contribution in [1.82, 2.24) is 10.6 Å². The third-order valence-corrected chi connectivity index (χ3v) is 2.41. The van der Waals surface area contributed by atoms with E-state index in [1.807, 2.05) is 0 Å². The van der Waals surface area contributed by atoms with Gasteiger partial charge in [-0.15, -0.1) is 0 Å². The Kier molecular flexibility index (Phi) is 6.91. The van der Waals surface area contributed by atoms with Crippen LogP contribution >= 0.6 is 0 Å². The van der Waals surface area contributed by atoms with E-state index in [9.17, 15) is 9.59 Å². The first kappa shape index (κ1) is 15.8. The summed E-state index contributed by atoms with van der Waals surface area (Å²) in [4.78, 5) is 22.9. The van der Waals surface area contributed by atoms with E-state index in [1.165, 1.54) is 0 Å². The number of hydrogen-bond donors (Lipinski definition) is 4. The van der Waals surface area contributed by atoms with Crippen LogP contribution in [0.1, 0.15) is 6.42 Å². The molecular formula is C13H20N4O3. The summed E-state index contributed by atoms with van der Waals surface area (Å²) in [5.41, 5.74) is 6.77. The van der Waals surface area contributed by atoms with Crippen LogP contribution in [0.25, 0.3) is 0 Å². The van der Waals surface area contributed by atoms with Gasteiger partial charge in [0.15, 0.2) is 0 Å². The van der Waals surface area contributed by atoms with E-state index in [1.54, 1.807) is 31.4 Å². The number of ether oxygens (including phenoxy) is 1. The average molecular weight is 280 g/mol. The minimum Gasteiger partial charge on any atom is -0.399 e. The zero-order valence-electron chi connectivity index (χ0n) is 11.4. The number of benzene rings is 1. The molecule has 0 fully saturated rings. The Balaban J connectivity index is 2.18. The van der Waals surface area contributed by atoms with Crippen molar-refractivity contribution in [3.63, 3.8) is 0 Å². The average Bonchev–Trinajstić information content (AvgIpc) is 2.39. The molecule has 0 aliphatic carbocycles. The predicted octanol–water partition coefficient (Wildman–Crippen LogP) is 0.543. The van der Waals surface area contributed by atoms with Crippen molar-refractivity contribution >= 4 is 23.3 Å². The van der Waals surface area contributed by atoms with Gasteiger partial charge in [-0.1, -0.05) is 6.07 Å². The second-order valence-corrected chi connectivity index (χ2v) is 4.10. The zero-order valence-corrected chi connectivity index (χ0v) is 11.4. The molecule has 0 bridgehead atoms. The lowest BCUT2D eigenvalue weighted by Gasteiger charge is -2.08. The molecule has 7 heteroatoms. The van der Waals surface area contributed by atoms with Crippen molar-refractivity contribution in [1.29, 1.82) is 0 Å². The summed E-state index contributed by atoms with van der Waals surface area (Å²) >= 11 is 0. The quantitative estimate of drug-likeness (QED) is 0.432. The van der Waals surface area contributed by atoms with Gasteiger partial charge in [0.25, 0.3) is 0 Å². The van der Waals surface area contributed by atoms with Gasteiger partial charge in [0.1, 0.15) is 0 Å². The molecule has 0 aromatic heterocycles. The second kappa shape index (κ2) is 8.76. The molecule has 7 nitrogen and oxygen atoms in total. The first-order chi connectivity index (χ1) is 9.61. The van der Waals surface area contributed by atoms with Crippen molar-refractivity contribution in [3.8, 4) is 0 Å². The van der Waals surface area contributed by atoms with Gasteiger partial charge in [0.05, 0.1) is 6.61 Å². The van der Waals surface area contributed by atoms with Gasteiger partial charge in [0.2, 0.25) is 5.91 Å². The summed E-state index contributed by atoms with van der Waals surface area (Å²) in [6, 6.07) is 6.48. The van der Waals surface area contributed by atoms with Gasteiger partial charge < -0.3 is 26.4 Å². The lowest BCUT2D eigenvalue weighted by Crippen LogP contribution is -2.34. The molecule has 20 heavy (non-hydrogen) atoms. The van der Waals surface area contributed by atoms with Crippen LogP contribution in [0.15, 0.2) is 24.3 Å². The van der Waals surface area contributed by atoms with E-state index < -0.39 is 0 Å². The number of carbonyl (C=O) groups is 2. The lowest BCUT2D eigenvalue weighted by atomic mass is 10.3. The van der Waals surface area contributed by atoms with Crippen LogP contribution in [0.4, 0.5) is 16.2 Å². The monoisotopic (exact) mass is 280 g/mol. The summed E-state index contributed by atoms with van der Waals surface area (Å²) in [6.07, 6.45) is 0.216. The number of methoxy groups -OCH3 is 1. The standard InChI is InChI=1S/C13H20N4O3/c1-20-8-7-15-12(18)5-6-16-13(19)17-11-4-2-3-10(14)9-11/h2-4,9H,5-8,14H2,1H3,(H,15,18)(H2,16,17,19). The second-order valence-electron chi connectivity index (χ2n) is 4.10. The van der Waals surface area contributed by atoms with Crippen LogP contribution in [0, 0.1) is 0 Å². The number of hydrogen-bond acceptors (Lipinski definition) is 4. The lowest BCUT2D eigenvalue weighted by molar-refractivity contribution is -0.121. The third kappa shape index (κ3) is 6.60. The van der Waals surface area contributed by atoms with E-state index in [0.29, 0.717) is 24.5 Å². The maximum atomic E-state index is 11.6. The number of nitrogens with two attached hydrogens (primary N) is 1. The molecule has 1 rings (SSSR count). The highest BCUT2D eigenvalue weighted by molar-refractivity contribution is 5.90. The topological polar surface area (TPSA) is 105 Å². The van der Waals surface area contributed by atoms with E-state index in [2.05, 4.69) is 16.0 Å². The van der Waals surface area contributed by atoms with Gasteiger partial charge in [0, 0.05) is 38.0 Å². The fourth-order valence-corrected chi connectivity index (χ4v) is 1.46. The molecule has 0 aliphatic rings. The summed E-state index contributed by atoms with van der Waals surface area (Å²) < 4.78 is 4.81. The number of nitrogen functional groups attached to an aromatic ring is 1. The molecule has 0 saturated carbocycles. The number of nitrogens with one attached hydrogen (secondary N) is 3. The van der Waals surface area contributed by atoms with Crippen LogP contribution in [0.2, 0.25) is 0 Å². The number of urea groups is 1. The fraction of sp³-hybridized carbons (Fsp3) is 0.385. The first-order valence-electron chi connectivity index (χ1n) is 6.28. The highest BCUT2D eigenvalue weighted by Gasteiger charge is 2.04. The van der Waals surface area contributed by atoms with E-state index in [-0.39, 0.29) is 24.9 Å². The summed E-state index contributed by atoms with van der Waals surface area (Å²) in [7, 11) is 1.56. The Labute approximate surface area is 117 Å². The smallest absolute Gasteiger partial charge is 0.319 e. The maximum Gasteiger partial charge on any atom is 0.319 e. The molecule has 0 spiro atoms. The molecule has 0 aliphatic heterocycles. The molecular weight excluding hydrogens is 260 g/mol. The highest BCUT2D eigenvalue weighted by Crippen LogP contribution is 2.11. The first-order valence-corrected chi connectivity index (χ1v) is 6.28. The van der Waals surface area contributed by atoms with Gasteiger partial charge in [-0.25, -0.2) is 4.79 Å². The molecule has 0 atom stereocenters. The molecule has 110 valence electrons. The SMILES string of the molecule is COCCNC(=O)CCNC(=O)Nc1cccc(N)c1. The van der Waals surface area contributed by atoms with E-state index in [4.69, 9.17) is 10.5 Å². The normalized spacial score (nSPS) is 9.85. The number of carbonyl (C=O) groups excluding carboxylic acids is 2. The maximum absolute atomic E-state index is 11.6. The van der Waals surface area contributed by atoms with Crippen LogP contribution in [0.3, 0.4) is 0 Å². The minimum absolute atomic E-state index is 0.133. The molecule has 0 heterocycles. The van der Waals surface area contributed by atoms with Crippen LogP contribution in [0.5, 0.6) is 0 Å². The number of anilines is 2. The van der Waals surface area contributed by atoms with Gasteiger partial charge in [-0.05, 0) is 18.2 Å². The zero-order chi connectivity index (χ0) is 14.8. The number of amides is 3. The van der Waals surface area contributed by atoms with Gasteiger partial charge in [-0.3, -0.25) is 4.79 Å². The van der Waals surface area contributed by atoms with E-state index in [0.717, 1.165) is 0 Å². The van der Waals surface area contributed by atoms with Gasteiger partial charge >= 0.3 is 6.03 Å².